The third kappa shape index (κ3) is 3.52. The number of aromatic hydroxyl groups is 4. The molecule has 0 fully saturated rings. The van der Waals surface area contributed by atoms with E-state index in [2.05, 4.69) is 4.74 Å². The number of rotatable bonds is 4. The van der Waals surface area contributed by atoms with Gasteiger partial charge in [0.2, 0.25) is 0 Å². The van der Waals surface area contributed by atoms with Crippen LogP contribution in [0.5, 0.6) is 28.7 Å². The minimum Gasteiger partial charge on any atom is -0.508 e. The Hall–Kier alpha value is -3.33. The van der Waals surface area contributed by atoms with Crippen molar-refractivity contribution in [1.29, 1.82) is 0 Å². The summed E-state index contributed by atoms with van der Waals surface area (Å²) < 4.78 is 15.6. The summed E-state index contributed by atoms with van der Waals surface area (Å²) in [5.41, 5.74) is 0.816. The predicted octanol–water partition coefficient (Wildman–Crippen LogP) is 2.22. The van der Waals surface area contributed by atoms with Gasteiger partial charge in [-0.25, -0.2) is 4.79 Å². The summed E-state index contributed by atoms with van der Waals surface area (Å²) in [7, 11) is 0. The molecule has 0 spiro atoms. The second-order valence-electron chi connectivity index (χ2n) is 5.67. The number of ether oxygens (including phenoxy) is 3. The van der Waals surface area contributed by atoms with E-state index in [1.165, 1.54) is 24.3 Å². The van der Waals surface area contributed by atoms with E-state index >= 15 is 0 Å². The third-order valence-electron chi connectivity index (χ3n) is 3.96. The van der Waals surface area contributed by atoms with Gasteiger partial charge in [0, 0.05) is 24.1 Å². The van der Waals surface area contributed by atoms with E-state index in [0.29, 0.717) is 11.1 Å². The Bertz CT molecular complexity index is 833. The molecular weight excluding hydrogens is 348 g/mol. The fraction of sp³-hybridized carbons (Fsp3) is 0.235. The van der Waals surface area contributed by atoms with Gasteiger partial charge in [-0.2, -0.15) is 0 Å². The Balaban J connectivity index is 1.94. The first-order chi connectivity index (χ1) is 12.3. The Labute approximate surface area is 147 Å². The molecular formula is C17H16O9. The zero-order chi connectivity index (χ0) is 18.8. The minimum absolute atomic E-state index is 0.136. The van der Waals surface area contributed by atoms with Crippen molar-refractivity contribution in [1.82, 2.24) is 0 Å². The van der Waals surface area contributed by atoms with Gasteiger partial charge in [0.25, 0.3) is 0 Å². The highest BCUT2D eigenvalue weighted by Gasteiger charge is 2.34. The Kier molecular flexibility index (Phi) is 4.63. The van der Waals surface area contributed by atoms with Gasteiger partial charge in [-0.15, -0.1) is 0 Å². The summed E-state index contributed by atoms with van der Waals surface area (Å²) in [6.07, 6.45) is -2.95. The Morgan fingerprint density at radius 2 is 1.85 bits per heavy atom. The summed E-state index contributed by atoms with van der Waals surface area (Å²) >= 11 is 0. The summed E-state index contributed by atoms with van der Waals surface area (Å²) in [4.78, 5) is 10.5. The van der Waals surface area contributed by atoms with Crippen molar-refractivity contribution in [2.24, 2.45) is 0 Å². The van der Waals surface area contributed by atoms with Gasteiger partial charge in [-0.05, 0) is 17.7 Å². The smallest absolute Gasteiger partial charge is 0.507 e. The predicted molar refractivity (Wildman–Crippen MR) is 85.5 cm³/mol. The maximum atomic E-state index is 10.5. The molecule has 1 heterocycles. The third-order valence-corrected chi connectivity index (χ3v) is 3.96. The van der Waals surface area contributed by atoms with Crippen molar-refractivity contribution >= 4 is 6.16 Å². The highest BCUT2D eigenvalue weighted by Crippen LogP contribution is 2.43. The Morgan fingerprint density at radius 3 is 2.54 bits per heavy atom. The molecule has 2 atom stereocenters. The van der Waals surface area contributed by atoms with Crippen LogP contribution in [-0.4, -0.2) is 44.6 Å². The van der Waals surface area contributed by atoms with E-state index in [4.69, 9.17) is 14.6 Å². The molecule has 3 rings (SSSR count). The van der Waals surface area contributed by atoms with Gasteiger partial charge < -0.3 is 39.7 Å². The van der Waals surface area contributed by atoms with E-state index in [9.17, 15) is 25.2 Å². The van der Waals surface area contributed by atoms with Gasteiger partial charge in [-0.3, -0.25) is 0 Å². The van der Waals surface area contributed by atoms with Crippen LogP contribution in [0, 0.1) is 0 Å². The molecule has 0 aliphatic carbocycles. The molecule has 0 unspecified atom stereocenters. The lowest BCUT2D eigenvalue weighted by molar-refractivity contribution is -0.109. The lowest BCUT2D eigenvalue weighted by Gasteiger charge is -2.34. The van der Waals surface area contributed by atoms with Crippen molar-refractivity contribution in [2.45, 2.75) is 18.6 Å². The van der Waals surface area contributed by atoms with Crippen molar-refractivity contribution in [3.63, 3.8) is 0 Å². The van der Waals surface area contributed by atoms with E-state index in [0.717, 1.165) is 6.07 Å². The number of phenols is 4. The molecule has 0 amide bonds. The second kappa shape index (κ2) is 6.89. The molecule has 0 saturated carbocycles. The number of hydrogen-bond donors (Lipinski definition) is 5. The van der Waals surface area contributed by atoms with Crippen LogP contribution in [-0.2, 0) is 15.9 Å². The van der Waals surface area contributed by atoms with E-state index in [1.807, 2.05) is 0 Å². The van der Waals surface area contributed by atoms with Crippen molar-refractivity contribution in [3.8, 4) is 28.7 Å². The van der Waals surface area contributed by atoms with E-state index in [1.54, 1.807) is 0 Å². The summed E-state index contributed by atoms with van der Waals surface area (Å²) in [6, 6.07) is 6.53. The minimum atomic E-state index is -1.51. The van der Waals surface area contributed by atoms with E-state index < -0.39 is 25.2 Å². The van der Waals surface area contributed by atoms with Crippen LogP contribution < -0.4 is 4.74 Å². The summed E-state index contributed by atoms with van der Waals surface area (Å²) in [5.74, 6) is -0.843. The zero-order valence-corrected chi connectivity index (χ0v) is 13.3. The lowest BCUT2D eigenvalue weighted by atomic mass is 9.93. The van der Waals surface area contributed by atoms with Crippen LogP contribution in [0.1, 0.15) is 17.2 Å². The maximum Gasteiger partial charge on any atom is 0.507 e. The van der Waals surface area contributed by atoms with Gasteiger partial charge in [-0.1, -0.05) is 6.07 Å². The monoisotopic (exact) mass is 364 g/mol. The van der Waals surface area contributed by atoms with Crippen molar-refractivity contribution in [2.75, 3.05) is 6.79 Å². The fourth-order valence-electron chi connectivity index (χ4n) is 2.77. The average molecular weight is 364 g/mol. The highest BCUT2D eigenvalue weighted by molar-refractivity contribution is 5.56. The number of hydrogen-bond acceptors (Lipinski definition) is 8. The topological polar surface area (TPSA) is 146 Å². The largest absolute Gasteiger partial charge is 0.508 e. The molecule has 26 heavy (non-hydrogen) atoms. The van der Waals surface area contributed by atoms with Gasteiger partial charge in [0.15, 0.2) is 24.4 Å². The van der Waals surface area contributed by atoms with Gasteiger partial charge in [0.05, 0.1) is 0 Å². The van der Waals surface area contributed by atoms with Crippen molar-refractivity contribution < 1.29 is 44.5 Å². The highest BCUT2D eigenvalue weighted by atomic mass is 16.7. The van der Waals surface area contributed by atoms with Crippen LogP contribution in [0.25, 0.3) is 0 Å². The molecule has 2 aromatic rings. The van der Waals surface area contributed by atoms with Gasteiger partial charge >= 0.3 is 6.16 Å². The molecule has 0 radical (unpaired) electrons. The van der Waals surface area contributed by atoms with Crippen molar-refractivity contribution in [3.05, 3.63) is 41.5 Å². The molecule has 0 saturated heterocycles. The molecule has 2 aromatic carbocycles. The van der Waals surface area contributed by atoms with E-state index in [-0.39, 0.29) is 35.2 Å². The summed E-state index contributed by atoms with van der Waals surface area (Å²) in [6.45, 7) is -0.557. The van der Waals surface area contributed by atoms with Crippen LogP contribution in [0.2, 0.25) is 0 Å². The first kappa shape index (κ1) is 17.5. The lowest BCUT2D eigenvalue weighted by Crippen LogP contribution is -2.33. The summed E-state index contributed by atoms with van der Waals surface area (Å²) in [5, 5.41) is 47.4. The molecule has 1 aliphatic heterocycles. The van der Waals surface area contributed by atoms with Gasteiger partial charge in [0.1, 0.15) is 23.4 Å². The quantitative estimate of drug-likeness (QED) is 0.313. The average Bonchev–Trinajstić information content (AvgIpc) is 2.57. The number of carboxylic acid groups (broad SMARTS) is 1. The molecule has 1 aliphatic rings. The SMILES string of the molecule is O=C(O)OCO[C@@H]1Cc2c(O)cc(O)cc2O[C@@H]1c1ccc(O)c(O)c1. The number of benzene rings is 2. The molecule has 0 aromatic heterocycles. The molecule has 0 bridgehead atoms. The van der Waals surface area contributed by atoms with Crippen LogP contribution in [0.3, 0.4) is 0 Å². The first-order valence-corrected chi connectivity index (χ1v) is 7.56. The van der Waals surface area contributed by atoms with Crippen LogP contribution in [0.4, 0.5) is 4.79 Å². The zero-order valence-electron chi connectivity index (χ0n) is 13.3. The van der Waals surface area contributed by atoms with Crippen LogP contribution in [0.15, 0.2) is 30.3 Å². The maximum absolute atomic E-state index is 10.5. The second-order valence-corrected chi connectivity index (χ2v) is 5.67. The standard InChI is InChI=1S/C17H16O9/c18-9-4-12(20)10-6-15(24-7-25-17(22)23)16(26-14(10)5-9)8-1-2-11(19)13(21)3-8/h1-5,15-16,18-21H,6-7H2,(H,22,23)/t15-,16-/m1/s1. The molecule has 5 N–H and O–H groups in total. The number of carbonyl (C=O) groups is 1. The number of phenolic OH excluding ortho intramolecular Hbond substituents is 4. The molecule has 9 heteroatoms. The molecule has 138 valence electrons. The normalized spacial score (nSPS) is 18.6. The van der Waals surface area contributed by atoms with Crippen LogP contribution >= 0.6 is 0 Å². The fourth-order valence-corrected chi connectivity index (χ4v) is 2.77. The first-order valence-electron chi connectivity index (χ1n) is 7.56. The molecule has 9 nitrogen and oxygen atoms in total. The Morgan fingerprint density at radius 1 is 1.08 bits per heavy atom. The number of fused-ring (bicyclic) bond motifs is 1.